The molecule has 0 heterocycles. The van der Waals surface area contributed by atoms with Gasteiger partial charge in [0.25, 0.3) is 0 Å². The number of ether oxygens (including phenoxy) is 1. The fourth-order valence-corrected chi connectivity index (χ4v) is 2.20. The van der Waals surface area contributed by atoms with Crippen LogP contribution >= 0.6 is 0 Å². The van der Waals surface area contributed by atoms with Gasteiger partial charge in [0.1, 0.15) is 0 Å². The number of rotatable bonds is 5. The third-order valence-corrected chi connectivity index (χ3v) is 3.24. The van der Waals surface area contributed by atoms with Gasteiger partial charge < -0.3 is 10.5 Å². The quantitative estimate of drug-likeness (QED) is 0.826. The highest BCUT2D eigenvalue weighted by molar-refractivity contribution is 5.26. The second-order valence-electron chi connectivity index (χ2n) is 4.96. The zero-order valence-corrected chi connectivity index (χ0v) is 10.1. The maximum atomic E-state index is 6.13. The zero-order chi connectivity index (χ0) is 11.5. The normalized spacial score (nSPS) is 25.8. The fourth-order valence-electron chi connectivity index (χ4n) is 2.20. The molecule has 0 radical (unpaired) electrons. The molecule has 2 N–H and O–H groups in total. The molecular weight excluding hydrogens is 198 g/mol. The van der Waals surface area contributed by atoms with Gasteiger partial charge in [0.2, 0.25) is 0 Å². The maximum Gasteiger partial charge on any atom is 0.0623 e. The van der Waals surface area contributed by atoms with E-state index >= 15 is 0 Å². The standard InChI is InChI=1S/C14H21NO/c1-10(2)16-9-14(15)13-8-12(13)11-6-4-3-5-7-11/h3-7,10,12-14H,8-9,15H2,1-2H3. The molecule has 1 aromatic rings. The van der Waals surface area contributed by atoms with E-state index in [4.69, 9.17) is 10.5 Å². The van der Waals surface area contributed by atoms with Crippen LogP contribution in [0.3, 0.4) is 0 Å². The summed E-state index contributed by atoms with van der Waals surface area (Å²) in [5, 5.41) is 0. The van der Waals surface area contributed by atoms with Gasteiger partial charge in [-0.15, -0.1) is 0 Å². The van der Waals surface area contributed by atoms with Crippen LogP contribution in [-0.2, 0) is 4.74 Å². The van der Waals surface area contributed by atoms with Crippen LogP contribution in [0.25, 0.3) is 0 Å². The van der Waals surface area contributed by atoms with Crippen molar-refractivity contribution in [3.63, 3.8) is 0 Å². The molecule has 2 heteroatoms. The lowest BCUT2D eigenvalue weighted by Crippen LogP contribution is -2.30. The Labute approximate surface area is 97.8 Å². The Morgan fingerprint density at radius 1 is 1.31 bits per heavy atom. The van der Waals surface area contributed by atoms with Crippen molar-refractivity contribution in [1.29, 1.82) is 0 Å². The monoisotopic (exact) mass is 219 g/mol. The molecule has 3 unspecified atom stereocenters. The molecule has 88 valence electrons. The van der Waals surface area contributed by atoms with E-state index in [-0.39, 0.29) is 12.1 Å². The summed E-state index contributed by atoms with van der Waals surface area (Å²) in [5.74, 6) is 1.27. The van der Waals surface area contributed by atoms with Crippen molar-refractivity contribution in [1.82, 2.24) is 0 Å². The van der Waals surface area contributed by atoms with Crippen LogP contribution in [0.15, 0.2) is 30.3 Å². The van der Waals surface area contributed by atoms with Crippen molar-refractivity contribution in [2.45, 2.75) is 38.3 Å². The summed E-state index contributed by atoms with van der Waals surface area (Å²) in [6.07, 6.45) is 1.49. The molecule has 1 fully saturated rings. The second kappa shape index (κ2) is 4.98. The van der Waals surface area contributed by atoms with Crippen molar-refractivity contribution in [3.8, 4) is 0 Å². The van der Waals surface area contributed by atoms with Gasteiger partial charge in [-0.1, -0.05) is 30.3 Å². The molecule has 3 atom stereocenters. The summed E-state index contributed by atoms with van der Waals surface area (Å²) in [6.45, 7) is 4.79. The van der Waals surface area contributed by atoms with Crippen LogP contribution in [0, 0.1) is 5.92 Å². The molecular formula is C14H21NO. The van der Waals surface area contributed by atoms with Gasteiger partial charge in [0.05, 0.1) is 12.7 Å². The van der Waals surface area contributed by atoms with Crippen LogP contribution in [-0.4, -0.2) is 18.8 Å². The van der Waals surface area contributed by atoms with Crippen molar-refractivity contribution in [2.75, 3.05) is 6.61 Å². The average molecular weight is 219 g/mol. The van der Waals surface area contributed by atoms with Crippen LogP contribution in [0.4, 0.5) is 0 Å². The minimum Gasteiger partial charge on any atom is -0.377 e. The molecule has 1 aliphatic rings. The molecule has 1 saturated carbocycles. The predicted molar refractivity (Wildman–Crippen MR) is 66.4 cm³/mol. The Balaban J connectivity index is 1.82. The molecule has 2 rings (SSSR count). The number of nitrogens with two attached hydrogens (primary N) is 1. The smallest absolute Gasteiger partial charge is 0.0623 e. The van der Waals surface area contributed by atoms with Gasteiger partial charge in [-0.2, -0.15) is 0 Å². The maximum absolute atomic E-state index is 6.13. The molecule has 0 spiro atoms. The number of hydrogen-bond donors (Lipinski definition) is 1. The molecule has 0 saturated heterocycles. The zero-order valence-electron chi connectivity index (χ0n) is 10.1. The van der Waals surface area contributed by atoms with E-state index in [1.807, 2.05) is 13.8 Å². The lowest BCUT2D eigenvalue weighted by molar-refractivity contribution is 0.0643. The number of hydrogen-bond acceptors (Lipinski definition) is 2. The van der Waals surface area contributed by atoms with Crippen LogP contribution in [0.5, 0.6) is 0 Å². The first-order valence-corrected chi connectivity index (χ1v) is 6.10. The van der Waals surface area contributed by atoms with Gasteiger partial charge in [-0.3, -0.25) is 0 Å². The lowest BCUT2D eigenvalue weighted by Gasteiger charge is -2.14. The summed E-state index contributed by atoms with van der Waals surface area (Å²) in [6, 6.07) is 10.8. The molecule has 0 aliphatic heterocycles. The largest absolute Gasteiger partial charge is 0.377 e. The van der Waals surface area contributed by atoms with Crippen LogP contribution < -0.4 is 5.73 Å². The van der Waals surface area contributed by atoms with E-state index < -0.39 is 0 Å². The summed E-state index contributed by atoms with van der Waals surface area (Å²) >= 11 is 0. The third-order valence-electron chi connectivity index (χ3n) is 3.24. The molecule has 0 amide bonds. The Hall–Kier alpha value is -0.860. The highest BCUT2D eigenvalue weighted by Gasteiger charge is 2.42. The van der Waals surface area contributed by atoms with E-state index in [9.17, 15) is 0 Å². The van der Waals surface area contributed by atoms with E-state index in [1.165, 1.54) is 12.0 Å². The first-order valence-electron chi connectivity index (χ1n) is 6.10. The first kappa shape index (κ1) is 11.6. The third kappa shape index (κ3) is 2.83. The Morgan fingerprint density at radius 2 is 2.00 bits per heavy atom. The van der Waals surface area contributed by atoms with E-state index in [1.54, 1.807) is 0 Å². The average Bonchev–Trinajstić information content (AvgIpc) is 3.07. The second-order valence-corrected chi connectivity index (χ2v) is 4.96. The minimum absolute atomic E-state index is 0.188. The first-order chi connectivity index (χ1) is 7.68. The highest BCUT2D eigenvalue weighted by atomic mass is 16.5. The molecule has 16 heavy (non-hydrogen) atoms. The van der Waals surface area contributed by atoms with Gasteiger partial charge in [-0.25, -0.2) is 0 Å². The van der Waals surface area contributed by atoms with Crippen molar-refractivity contribution in [2.24, 2.45) is 11.7 Å². The van der Waals surface area contributed by atoms with Crippen LogP contribution in [0.2, 0.25) is 0 Å². The molecule has 0 bridgehead atoms. The van der Waals surface area contributed by atoms with Gasteiger partial charge >= 0.3 is 0 Å². The number of benzene rings is 1. The summed E-state index contributed by atoms with van der Waals surface area (Å²) in [7, 11) is 0. The SMILES string of the molecule is CC(C)OCC(N)C1CC1c1ccccc1. The predicted octanol–water partition coefficient (Wildman–Crippen LogP) is 2.54. The van der Waals surface area contributed by atoms with Gasteiger partial charge in [0, 0.05) is 6.04 Å². The van der Waals surface area contributed by atoms with Crippen LogP contribution in [0.1, 0.15) is 31.7 Å². The summed E-state index contributed by atoms with van der Waals surface area (Å²) < 4.78 is 5.56. The lowest BCUT2D eigenvalue weighted by atomic mass is 10.1. The van der Waals surface area contributed by atoms with Crippen molar-refractivity contribution >= 4 is 0 Å². The van der Waals surface area contributed by atoms with E-state index in [0.29, 0.717) is 18.4 Å². The molecule has 0 aromatic heterocycles. The Morgan fingerprint density at radius 3 is 2.62 bits per heavy atom. The van der Waals surface area contributed by atoms with E-state index in [2.05, 4.69) is 30.3 Å². The Bertz CT molecular complexity index is 323. The van der Waals surface area contributed by atoms with Crippen molar-refractivity contribution < 1.29 is 4.74 Å². The van der Waals surface area contributed by atoms with E-state index in [0.717, 1.165) is 0 Å². The highest BCUT2D eigenvalue weighted by Crippen LogP contribution is 2.48. The molecule has 1 aliphatic carbocycles. The topological polar surface area (TPSA) is 35.2 Å². The van der Waals surface area contributed by atoms with Gasteiger partial charge in [-0.05, 0) is 37.7 Å². The summed E-state index contributed by atoms with van der Waals surface area (Å²) in [5.41, 5.74) is 7.55. The molecule has 2 nitrogen and oxygen atoms in total. The van der Waals surface area contributed by atoms with Crippen molar-refractivity contribution in [3.05, 3.63) is 35.9 Å². The summed E-state index contributed by atoms with van der Waals surface area (Å²) in [4.78, 5) is 0. The fraction of sp³-hybridized carbons (Fsp3) is 0.571. The van der Waals surface area contributed by atoms with Gasteiger partial charge in [0.15, 0.2) is 0 Å². The Kier molecular flexibility index (Phi) is 3.62. The molecule has 1 aromatic carbocycles. The minimum atomic E-state index is 0.188.